The number of primary amides is 1. The molecule has 0 bridgehead atoms. The van der Waals surface area contributed by atoms with E-state index in [-0.39, 0.29) is 5.91 Å². The number of nitrogens with one attached hydrogen (secondary N) is 1. The Labute approximate surface area is 132 Å². The topological polar surface area (TPSA) is 55.1 Å². The van der Waals surface area contributed by atoms with E-state index in [0.717, 1.165) is 13.0 Å². The molecule has 0 aliphatic carbocycles. The van der Waals surface area contributed by atoms with Crippen molar-refractivity contribution in [2.75, 3.05) is 13.1 Å². The van der Waals surface area contributed by atoms with Gasteiger partial charge < -0.3 is 11.1 Å². The summed E-state index contributed by atoms with van der Waals surface area (Å²) in [4.78, 5) is 10.5. The van der Waals surface area contributed by atoms with E-state index < -0.39 is 0 Å². The van der Waals surface area contributed by atoms with E-state index in [1.807, 2.05) is 0 Å². The molecule has 0 saturated carbocycles. The van der Waals surface area contributed by atoms with Gasteiger partial charge in [-0.15, -0.1) is 0 Å². The van der Waals surface area contributed by atoms with Crippen molar-refractivity contribution in [3.63, 3.8) is 0 Å². The van der Waals surface area contributed by atoms with Crippen molar-refractivity contribution in [3.8, 4) is 0 Å². The lowest BCUT2D eigenvalue weighted by molar-refractivity contribution is -0.117. The van der Waals surface area contributed by atoms with Gasteiger partial charge in [0.25, 0.3) is 0 Å². The number of hydrogen-bond donors (Lipinski definition) is 2. The van der Waals surface area contributed by atoms with Gasteiger partial charge >= 0.3 is 0 Å². The Kier molecular flexibility index (Phi) is 17.0. The molecule has 1 amide bonds. The first-order valence-electron chi connectivity index (χ1n) is 9.26. The largest absolute Gasteiger partial charge is 0.369 e. The predicted octanol–water partition coefficient (Wildman–Crippen LogP) is 4.54. The molecular formula is C18H38N2O. The van der Waals surface area contributed by atoms with Crippen LogP contribution in [-0.2, 0) is 4.79 Å². The maximum Gasteiger partial charge on any atom is 0.231 e. The molecule has 0 aliphatic heterocycles. The monoisotopic (exact) mass is 298 g/mol. The van der Waals surface area contributed by atoms with Crippen LogP contribution in [-0.4, -0.2) is 19.0 Å². The summed E-state index contributed by atoms with van der Waals surface area (Å²) in [6, 6.07) is 0. The Hall–Kier alpha value is -0.570. The van der Waals surface area contributed by atoms with Crippen LogP contribution in [0, 0.1) is 0 Å². The fourth-order valence-corrected chi connectivity index (χ4v) is 2.66. The summed E-state index contributed by atoms with van der Waals surface area (Å²) in [6.45, 7) is 3.51. The molecule has 0 rings (SSSR count). The maximum absolute atomic E-state index is 10.5. The predicted molar refractivity (Wildman–Crippen MR) is 92.4 cm³/mol. The van der Waals surface area contributed by atoms with E-state index in [9.17, 15) is 4.79 Å². The van der Waals surface area contributed by atoms with Crippen molar-refractivity contribution < 1.29 is 4.79 Å². The van der Waals surface area contributed by atoms with Gasteiger partial charge in [0.1, 0.15) is 0 Å². The van der Waals surface area contributed by atoms with Crippen LogP contribution in [0.4, 0.5) is 0 Å². The van der Waals surface area contributed by atoms with Crippen molar-refractivity contribution in [2.24, 2.45) is 5.73 Å². The fourth-order valence-electron chi connectivity index (χ4n) is 2.66. The van der Waals surface area contributed by atoms with Crippen LogP contribution in [0.25, 0.3) is 0 Å². The summed E-state index contributed by atoms with van der Waals surface area (Å²) in [6.07, 6.45) is 19.3. The highest BCUT2D eigenvalue weighted by Gasteiger charge is 1.95. The second-order valence-corrected chi connectivity index (χ2v) is 6.24. The molecule has 0 saturated heterocycles. The minimum atomic E-state index is -0.264. The number of carbonyl (C=O) groups is 1. The molecule has 3 N–H and O–H groups in total. The third kappa shape index (κ3) is 19.4. The highest BCUT2D eigenvalue weighted by atomic mass is 16.1. The molecule has 3 nitrogen and oxygen atoms in total. The molecule has 21 heavy (non-hydrogen) atoms. The molecule has 0 unspecified atom stereocenters. The zero-order valence-corrected chi connectivity index (χ0v) is 14.3. The summed E-state index contributed by atoms with van der Waals surface area (Å²) in [5.41, 5.74) is 5.05. The van der Waals surface area contributed by atoms with Crippen LogP contribution in [0.5, 0.6) is 0 Å². The molecule has 3 heteroatoms. The highest BCUT2D eigenvalue weighted by Crippen LogP contribution is 2.12. The average Bonchev–Trinajstić information content (AvgIpc) is 2.46. The fraction of sp³-hybridized carbons (Fsp3) is 0.944. The first-order valence-corrected chi connectivity index (χ1v) is 9.26. The van der Waals surface area contributed by atoms with E-state index in [1.165, 1.54) is 83.5 Å². The average molecular weight is 299 g/mol. The lowest BCUT2D eigenvalue weighted by Crippen LogP contribution is -2.29. The summed E-state index contributed by atoms with van der Waals surface area (Å²) in [5, 5.41) is 3.05. The first-order chi connectivity index (χ1) is 10.3. The standard InChI is InChI=1S/C18H38N2O/c1-2-3-4-5-6-7-8-9-10-11-12-13-14-15-16-20-17-18(19)21/h20H,2-17H2,1H3,(H2,19,21). The number of rotatable bonds is 17. The zero-order chi connectivity index (χ0) is 15.6. The molecule has 0 fully saturated rings. The zero-order valence-electron chi connectivity index (χ0n) is 14.3. The van der Waals surface area contributed by atoms with Gasteiger partial charge in [-0.3, -0.25) is 4.79 Å². The van der Waals surface area contributed by atoms with Gasteiger partial charge in [0.2, 0.25) is 5.91 Å². The van der Waals surface area contributed by atoms with Crippen LogP contribution in [0.15, 0.2) is 0 Å². The van der Waals surface area contributed by atoms with E-state index >= 15 is 0 Å². The van der Waals surface area contributed by atoms with Gasteiger partial charge in [-0.2, -0.15) is 0 Å². The molecular weight excluding hydrogens is 260 g/mol. The van der Waals surface area contributed by atoms with Gasteiger partial charge in [0.15, 0.2) is 0 Å². The lowest BCUT2D eigenvalue weighted by atomic mass is 10.0. The lowest BCUT2D eigenvalue weighted by Gasteiger charge is -2.04. The SMILES string of the molecule is CCCCCCCCCCCCCCCCNCC(N)=O. The van der Waals surface area contributed by atoms with E-state index in [4.69, 9.17) is 5.73 Å². The second kappa shape index (κ2) is 17.5. The Morgan fingerprint density at radius 1 is 0.714 bits per heavy atom. The number of carbonyl (C=O) groups excluding carboxylic acids is 1. The molecule has 0 aromatic rings. The van der Waals surface area contributed by atoms with Gasteiger partial charge in [-0.1, -0.05) is 90.4 Å². The minimum absolute atomic E-state index is 0.264. The Bertz CT molecular complexity index is 219. The van der Waals surface area contributed by atoms with Crippen molar-refractivity contribution in [1.82, 2.24) is 5.32 Å². The van der Waals surface area contributed by atoms with Gasteiger partial charge in [0.05, 0.1) is 6.54 Å². The molecule has 0 heterocycles. The Morgan fingerprint density at radius 2 is 1.10 bits per heavy atom. The highest BCUT2D eigenvalue weighted by molar-refractivity contribution is 5.75. The van der Waals surface area contributed by atoms with Crippen LogP contribution in [0.1, 0.15) is 96.8 Å². The van der Waals surface area contributed by atoms with Crippen molar-refractivity contribution in [2.45, 2.75) is 96.8 Å². The van der Waals surface area contributed by atoms with Crippen LogP contribution in [0.2, 0.25) is 0 Å². The summed E-state index contributed by atoms with van der Waals surface area (Å²) >= 11 is 0. The normalized spacial score (nSPS) is 10.9. The summed E-state index contributed by atoms with van der Waals surface area (Å²) < 4.78 is 0. The number of nitrogens with two attached hydrogens (primary N) is 1. The van der Waals surface area contributed by atoms with Crippen LogP contribution >= 0.6 is 0 Å². The van der Waals surface area contributed by atoms with Gasteiger partial charge in [0, 0.05) is 0 Å². The molecule has 0 aliphatic rings. The first kappa shape index (κ1) is 20.4. The molecule has 0 aromatic heterocycles. The molecule has 0 radical (unpaired) electrons. The second-order valence-electron chi connectivity index (χ2n) is 6.24. The van der Waals surface area contributed by atoms with Gasteiger partial charge in [-0.25, -0.2) is 0 Å². The molecule has 0 spiro atoms. The third-order valence-electron chi connectivity index (χ3n) is 4.01. The third-order valence-corrected chi connectivity index (χ3v) is 4.01. The molecule has 126 valence electrons. The molecule has 0 aromatic carbocycles. The van der Waals surface area contributed by atoms with E-state index in [1.54, 1.807) is 0 Å². The van der Waals surface area contributed by atoms with Crippen LogP contribution < -0.4 is 11.1 Å². The van der Waals surface area contributed by atoms with E-state index in [2.05, 4.69) is 12.2 Å². The van der Waals surface area contributed by atoms with Crippen molar-refractivity contribution in [3.05, 3.63) is 0 Å². The summed E-state index contributed by atoms with van der Waals surface area (Å²) in [5.74, 6) is -0.264. The smallest absolute Gasteiger partial charge is 0.231 e. The number of amides is 1. The number of hydrogen-bond acceptors (Lipinski definition) is 2. The Balaban J connectivity index is 2.95. The quantitative estimate of drug-likeness (QED) is 0.387. The van der Waals surface area contributed by atoms with Crippen molar-refractivity contribution in [1.29, 1.82) is 0 Å². The van der Waals surface area contributed by atoms with Crippen LogP contribution in [0.3, 0.4) is 0 Å². The van der Waals surface area contributed by atoms with Crippen molar-refractivity contribution >= 4 is 5.91 Å². The summed E-state index contributed by atoms with van der Waals surface area (Å²) in [7, 11) is 0. The molecule has 0 atom stereocenters. The van der Waals surface area contributed by atoms with Gasteiger partial charge in [-0.05, 0) is 13.0 Å². The van der Waals surface area contributed by atoms with E-state index in [0.29, 0.717) is 6.54 Å². The maximum atomic E-state index is 10.5. The number of unbranched alkanes of at least 4 members (excludes halogenated alkanes) is 13. The Morgan fingerprint density at radius 3 is 1.48 bits per heavy atom. The minimum Gasteiger partial charge on any atom is -0.369 e.